The van der Waals surface area contributed by atoms with E-state index in [1.807, 2.05) is 7.11 Å². The van der Waals surface area contributed by atoms with Gasteiger partial charge in [0.25, 0.3) is 0 Å². The number of hydrogen-bond donors (Lipinski definition) is 0. The van der Waals surface area contributed by atoms with Crippen LogP contribution in [0.2, 0.25) is 0 Å². The first kappa shape index (κ1) is 15.3. The summed E-state index contributed by atoms with van der Waals surface area (Å²) < 4.78 is 5.52. The number of hydrogen-bond acceptors (Lipinski definition) is 1. The molecule has 0 fully saturated rings. The first-order valence-electron chi connectivity index (χ1n) is 7.81. The first-order valence-corrected chi connectivity index (χ1v) is 7.81. The van der Waals surface area contributed by atoms with Crippen LogP contribution in [0.5, 0.6) is 0 Å². The summed E-state index contributed by atoms with van der Waals surface area (Å²) >= 11 is 0. The predicted molar refractivity (Wildman–Crippen MR) is 87.3 cm³/mol. The van der Waals surface area contributed by atoms with Crippen LogP contribution in [0.3, 0.4) is 0 Å². The van der Waals surface area contributed by atoms with E-state index in [1.165, 1.54) is 36.0 Å². The zero-order valence-corrected chi connectivity index (χ0v) is 13.6. The molecule has 2 rings (SSSR count). The van der Waals surface area contributed by atoms with Crippen molar-refractivity contribution >= 4 is 6.08 Å². The maximum Gasteiger partial charge on any atom is 0.0568 e. The van der Waals surface area contributed by atoms with Crippen LogP contribution < -0.4 is 0 Å². The normalized spacial score (nSPS) is 18.1. The smallest absolute Gasteiger partial charge is 0.0568 e. The Labute approximate surface area is 124 Å². The number of methoxy groups -OCH3 is 1. The lowest BCUT2D eigenvalue weighted by atomic mass is 9.79. The third-order valence-electron chi connectivity index (χ3n) is 4.24. The van der Waals surface area contributed by atoms with Gasteiger partial charge in [0.15, 0.2) is 0 Å². The van der Waals surface area contributed by atoms with Gasteiger partial charge in [-0.1, -0.05) is 64.0 Å². The van der Waals surface area contributed by atoms with E-state index < -0.39 is 0 Å². The molecule has 0 N–H and O–H groups in total. The average Bonchev–Trinajstić information content (AvgIpc) is 2.74. The second kappa shape index (κ2) is 6.13. The number of unbranched alkanes of at least 4 members (excludes halogenated alkanes) is 1. The summed E-state index contributed by atoms with van der Waals surface area (Å²) in [6.45, 7) is 9.97. The molecular formula is C19H28O. The van der Waals surface area contributed by atoms with E-state index in [9.17, 15) is 0 Å². The van der Waals surface area contributed by atoms with Crippen LogP contribution in [0, 0.1) is 0 Å². The van der Waals surface area contributed by atoms with Crippen molar-refractivity contribution in [1.82, 2.24) is 0 Å². The molecule has 1 unspecified atom stereocenters. The van der Waals surface area contributed by atoms with Gasteiger partial charge in [-0.05, 0) is 34.9 Å². The maximum atomic E-state index is 5.52. The van der Waals surface area contributed by atoms with Gasteiger partial charge < -0.3 is 4.74 Å². The van der Waals surface area contributed by atoms with Gasteiger partial charge in [0.1, 0.15) is 0 Å². The molecule has 20 heavy (non-hydrogen) atoms. The molecule has 1 nitrogen and oxygen atoms in total. The molecule has 1 aliphatic carbocycles. The Balaban J connectivity index is 2.42. The van der Waals surface area contributed by atoms with Gasteiger partial charge in [0.2, 0.25) is 0 Å². The second-order valence-corrected chi connectivity index (χ2v) is 6.89. The third-order valence-corrected chi connectivity index (χ3v) is 4.24. The summed E-state index contributed by atoms with van der Waals surface area (Å²) in [5.41, 5.74) is 6.13. The topological polar surface area (TPSA) is 9.23 Å². The molecule has 110 valence electrons. The number of rotatable bonds is 5. The van der Waals surface area contributed by atoms with Gasteiger partial charge in [0.05, 0.1) is 6.61 Å². The summed E-state index contributed by atoms with van der Waals surface area (Å²) in [6.07, 6.45) is 6.12. The van der Waals surface area contributed by atoms with Crippen molar-refractivity contribution in [1.29, 1.82) is 0 Å². The van der Waals surface area contributed by atoms with Gasteiger partial charge in [-0.3, -0.25) is 0 Å². The van der Waals surface area contributed by atoms with Crippen LogP contribution in [0.1, 0.15) is 69.6 Å². The molecule has 0 aliphatic heterocycles. The largest absolute Gasteiger partial charge is 0.384 e. The van der Waals surface area contributed by atoms with E-state index in [2.05, 4.69) is 52.0 Å². The van der Waals surface area contributed by atoms with E-state index in [-0.39, 0.29) is 5.41 Å². The second-order valence-electron chi connectivity index (χ2n) is 6.89. The van der Waals surface area contributed by atoms with Crippen molar-refractivity contribution in [2.75, 3.05) is 13.7 Å². The van der Waals surface area contributed by atoms with Crippen molar-refractivity contribution < 1.29 is 4.74 Å². The van der Waals surface area contributed by atoms with Crippen LogP contribution in [-0.4, -0.2) is 13.7 Å². The van der Waals surface area contributed by atoms with Crippen LogP contribution in [0.4, 0.5) is 0 Å². The Morgan fingerprint density at radius 2 is 1.95 bits per heavy atom. The Bertz CT molecular complexity index is 491. The van der Waals surface area contributed by atoms with Crippen molar-refractivity contribution in [2.24, 2.45) is 0 Å². The minimum atomic E-state index is 0.186. The van der Waals surface area contributed by atoms with Crippen LogP contribution in [0.25, 0.3) is 6.08 Å². The molecule has 0 spiro atoms. The zero-order chi connectivity index (χ0) is 14.8. The Kier molecular flexibility index (Phi) is 4.70. The van der Waals surface area contributed by atoms with Gasteiger partial charge >= 0.3 is 0 Å². The molecule has 1 heteroatoms. The number of ether oxygens (including phenoxy) is 1. The highest BCUT2D eigenvalue weighted by molar-refractivity contribution is 5.69. The van der Waals surface area contributed by atoms with Crippen molar-refractivity contribution in [3.8, 4) is 0 Å². The predicted octanol–water partition coefficient (Wildman–Crippen LogP) is 5.30. The molecule has 0 bridgehead atoms. The van der Waals surface area contributed by atoms with E-state index in [1.54, 1.807) is 5.57 Å². The monoisotopic (exact) mass is 272 g/mol. The van der Waals surface area contributed by atoms with Gasteiger partial charge in [-0.15, -0.1) is 0 Å². The van der Waals surface area contributed by atoms with Crippen molar-refractivity contribution in [3.05, 3.63) is 40.5 Å². The van der Waals surface area contributed by atoms with E-state index in [0.29, 0.717) is 5.92 Å². The van der Waals surface area contributed by atoms with E-state index in [4.69, 9.17) is 4.74 Å². The standard InChI is InChI=1S/C19H28O/c1-6-7-9-14-12-15-10-8-11-17(19(2,3)4)18(15)16(14)13-20-5/h8,10-12,16H,6-7,9,13H2,1-5H3. The fourth-order valence-corrected chi connectivity index (χ4v) is 3.22. The third kappa shape index (κ3) is 2.98. The van der Waals surface area contributed by atoms with Crippen LogP contribution >= 0.6 is 0 Å². The molecule has 1 atom stereocenters. The lowest BCUT2D eigenvalue weighted by Gasteiger charge is -2.27. The quantitative estimate of drug-likeness (QED) is 0.706. The highest BCUT2D eigenvalue weighted by Crippen LogP contribution is 2.43. The van der Waals surface area contributed by atoms with Gasteiger partial charge in [-0.25, -0.2) is 0 Å². The van der Waals surface area contributed by atoms with E-state index >= 15 is 0 Å². The lowest BCUT2D eigenvalue weighted by Crippen LogP contribution is -2.18. The highest BCUT2D eigenvalue weighted by Gasteiger charge is 2.30. The Hall–Kier alpha value is -1.08. The Morgan fingerprint density at radius 3 is 2.55 bits per heavy atom. The molecule has 1 aromatic rings. The average molecular weight is 272 g/mol. The van der Waals surface area contributed by atoms with E-state index in [0.717, 1.165) is 6.61 Å². The minimum Gasteiger partial charge on any atom is -0.384 e. The molecule has 0 saturated heterocycles. The lowest BCUT2D eigenvalue weighted by molar-refractivity contribution is 0.187. The molecular weight excluding hydrogens is 244 g/mol. The summed E-state index contributed by atoms with van der Waals surface area (Å²) in [7, 11) is 1.81. The Morgan fingerprint density at radius 1 is 1.20 bits per heavy atom. The summed E-state index contributed by atoms with van der Waals surface area (Å²) in [4.78, 5) is 0. The summed E-state index contributed by atoms with van der Waals surface area (Å²) in [6, 6.07) is 6.74. The molecule has 0 radical (unpaired) electrons. The fraction of sp³-hybridized carbons (Fsp3) is 0.579. The van der Waals surface area contributed by atoms with Gasteiger partial charge in [-0.2, -0.15) is 0 Å². The van der Waals surface area contributed by atoms with Crippen molar-refractivity contribution in [3.63, 3.8) is 0 Å². The molecule has 0 saturated carbocycles. The maximum absolute atomic E-state index is 5.52. The van der Waals surface area contributed by atoms with Crippen molar-refractivity contribution in [2.45, 2.75) is 58.3 Å². The molecule has 1 aromatic carbocycles. The molecule has 1 aliphatic rings. The summed E-state index contributed by atoms with van der Waals surface area (Å²) in [5, 5.41) is 0. The molecule has 0 amide bonds. The molecule has 0 heterocycles. The number of fused-ring (bicyclic) bond motifs is 1. The highest BCUT2D eigenvalue weighted by atomic mass is 16.5. The van der Waals surface area contributed by atoms with Crippen LogP contribution in [0.15, 0.2) is 23.8 Å². The number of benzene rings is 1. The van der Waals surface area contributed by atoms with Crippen LogP contribution in [-0.2, 0) is 10.2 Å². The zero-order valence-electron chi connectivity index (χ0n) is 13.6. The molecule has 0 aromatic heterocycles. The first-order chi connectivity index (χ1) is 9.49. The summed E-state index contributed by atoms with van der Waals surface area (Å²) in [5.74, 6) is 0.456. The minimum absolute atomic E-state index is 0.186. The SMILES string of the molecule is CCCCC1=Cc2cccc(C(C)(C)C)c2C1COC. The van der Waals surface area contributed by atoms with Gasteiger partial charge in [0, 0.05) is 13.0 Å². The fourth-order valence-electron chi connectivity index (χ4n) is 3.22.